The molecular weight excluding hydrogens is 218 g/mol. The maximum atomic E-state index is 12.0. The van der Waals surface area contributed by atoms with E-state index in [2.05, 4.69) is 13.8 Å². The summed E-state index contributed by atoms with van der Waals surface area (Å²) in [5.41, 5.74) is 0.300. The maximum Gasteiger partial charge on any atom is 0.253 e. The number of phenols is 2. The van der Waals surface area contributed by atoms with Crippen molar-refractivity contribution >= 4 is 5.91 Å². The van der Waals surface area contributed by atoms with Gasteiger partial charge >= 0.3 is 0 Å². The molecule has 4 nitrogen and oxygen atoms in total. The molecular formula is C13H19NO3. The lowest BCUT2D eigenvalue weighted by Gasteiger charge is -2.18. The molecule has 0 aliphatic carbocycles. The average Bonchev–Trinajstić information content (AvgIpc) is 2.23. The topological polar surface area (TPSA) is 60.8 Å². The normalized spacial score (nSPS) is 10.6. The molecule has 0 saturated carbocycles. The van der Waals surface area contributed by atoms with Crippen LogP contribution in [-0.2, 0) is 0 Å². The van der Waals surface area contributed by atoms with Crippen LogP contribution in [0.1, 0.15) is 30.6 Å². The van der Waals surface area contributed by atoms with Crippen LogP contribution in [0.4, 0.5) is 0 Å². The highest BCUT2D eigenvalue weighted by molar-refractivity contribution is 5.94. The second-order valence-corrected chi connectivity index (χ2v) is 4.65. The number of amides is 1. The summed E-state index contributed by atoms with van der Waals surface area (Å²) >= 11 is 0. The molecule has 1 aromatic carbocycles. The van der Waals surface area contributed by atoms with E-state index in [0.29, 0.717) is 18.0 Å². The number of rotatable bonds is 4. The first-order chi connectivity index (χ1) is 7.90. The molecule has 1 amide bonds. The van der Waals surface area contributed by atoms with E-state index in [9.17, 15) is 15.0 Å². The molecule has 2 N–H and O–H groups in total. The lowest BCUT2D eigenvalue weighted by Crippen LogP contribution is -2.28. The van der Waals surface area contributed by atoms with Gasteiger partial charge in [-0.1, -0.05) is 13.8 Å². The molecule has 0 heterocycles. The molecule has 0 aromatic heterocycles. The molecule has 4 heteroatoms. The number of carbonyl (C=O) groups is 1. The van der Waals surface area contributed by atoms with Gasteiger partial charge in [-0.2, -0.15) is 0 Å². The van der Waals surface area contributed by atoms with Crippen LogP contribution in [0, 0.1) is 5.92 Å². The highest BCUT2D eigenvalue weighted by Gasteiger charge is 2.13. The number of phenolic OH excluding ortho intramolecular Hbond substituents is 2. The predicted molar refractivity (Wildman–Crippen MR) is 66.2 cm³/mol. The van der Waals surface area contributed by atoms with Gasteiger partial charge in [0.1, 0.15) is 11.5 Å². The van der Waals surface area contributed by atoms with Crippen LogP contribution in [0.3, 0.4) is 0 Å². The van der Waals surface area contributed by atoms with E-state index in [0.717, 1.165) is 6.42 Å². The zero-order valence-corrected chi connectivity index (χ0v) is 10.5. The van der Waals surface area contributed by atoms with Gasteiger partial charge in [-0.05, 0) is 24.5 Å². The number of hydrogen-bond donors (Lipinski definition) is 2. The van der Waals surface area contributed by atoms with Gasteiger partial charge < -0.3 is 15.1 Å². The lowest BCUT2D eigenvalue weighted by molar-refractivity contribution is 0.0788. The molecule has 0 radical (unpaired) electrons. The van der Waals surface area contributed by atoms with Gasteiger partial charge in [0.15, 0.2) is 0 Å². The summed E-state index contributed by atoms with van der Waals surface area (Å²) in [5, 5.41) is 18.6. The Labute approximate surface area is 101 Å². The Balaban J connectivity index is 2.74. The molecule has 0 aliphatic heterocycles. The zero-order valence-electron chi connectivity index (χ0n) is 10.5. The molecule has 1 aromatic rings. The Hall–Kier alpha value is -1.71. The molecule has 17 heavy (non-hydrogen) atoms. The SMILES string of the molecule is CC(C)CCN(C)C(=O)c1cc(O)cc(O)c1. The highest BCUT2D eigenvalue weighted by atomic mass is 16.3. The van der Waals surface area contributed by atoms with E-state index < -0.39 is 0 Å². The van der Waals surface area contributed by atoms with Crippen LogP contribution in [0.5, 0.6) is 11.5 Å². The third-order valence-corrected chi connectivity index (χ3v) is 2.54. The van der Waals surface area contributed by atoms with Crippen molar-refractivity contribution in [1.82, 2.24) is 4.90 Å². The first-order valence-electron chi connectivity index (χ1n) is 5.68. The standard InChI is InChI=1S/C13H19NO3/c1-9(2)4-5-14(3)13(17)10-6-11(15)8-12(16)7-10/h6-9,15-16H,4-5H2,1-3H3. The van der Waals surface area contributed by atoms with Crippen molar-refractivity contribution in [3.63, 3.8) is 0 Å². The van der Waals surface area contributed by atoms with Crippen molar-refractivity contribution in [2.24, 2.45) is 5.92 Å². The van der Waals surface area contributed by atoms with Crippen LogP contribution < -0.4 is 0 Å². The number of carbonyl (C=O) groups excluding carboxylic acids is 1. The van der Waals surface area contributed by atoms with Gasteiger partial charge in [0.25, 0.3) is 5.91 Å². The fourth-order valence-corrected chi connectivity index (χ4v) is 1.49. The second-order valence-electron chi connectivity index (χ2n) is 4.65. The molecule has 1 rings (SSSR count). The summed E-state index contributed by atoms with van der Waals surface area (Å²) in [6, 6.07) is 3.91. The Morgan fingerprint density at radius 1 is 1.24 bits per heavy atom. The van der Waals surface area contributed by atoms with Crippen LogP contribution in [0.2, 0.25) is 0 Å². The van der Waals surface area contributed by atoms with E-state index in [1.807, 2.05) is 0 Å². The fraction of sp³-hybridized carbons (Fsp3) is 0.462. The molecule has 0 unspecified atom stereocenters. The third kappa shape index (κ3) is 3.98. The van der Waals surface area contributed by atoms with Crippen LogP contribution in [-0.4, -0.2) is 34.6 Å². The maximum absolute atomic E-state index is 12.0. The van der Waals surface area contributed by atoms with Crippen molar-refractivity contribution < 1.29 is 15.0 Å². The van der Waals surface area contributed by atoms with Gasteiger partial charge in [0, 0.05) is 25.2 Å². The quantitative estimate of drug-likeness (QED) is 0.844. The summed E-state index contributed by atoms with van der Waals surface area (Å²) in [7, 11) is 1.71. The van der Waals surface area contributed by atoms with Crippen molar-refractivity contribution in [2.75, 3.05) is 13.6 Å². The molecule has 0 atom stereocenters. The van der Waals surface area contributed by atoms with Crippen LogP contribution in [0.15, 0.2) is 18.2 Å². The second kappa shape index (κ2) is 5.57. The summed E-state index contributed by atoms with van der Waals surface area (Å²) < 4.78 is 0. The Kier molecular flexibility index (Phi) is 4.37. The predicted octanol–water partition coefficient (Wildman–Crippen LogP) is 2.22. The summed E-state index contributed by atoms with van der Waals surface area (Å²) in [5.74, 6) is 0.121. The Morgan fingerprint density at radius 3 is 2.24 bits per heavy atom. The van der Waals surface area contributed by atoms with Gasteiger partial charge in [-0.25, -0.2) is 0 Å². The number of aromatic hydroxyl groups is 2. The fourth-order valence-electron chi connectivity index (χ4n) is 1.49. The molecule has 0 spiro atoms. The van der Waals surface area contributed by atoms with Crippen molar-refractivity contribution in [1.29, 1.82) is 0 Å². The molecule has 0 aliphatic rings. The van der Waals surface area contributed by atoms with E-state index in [1.165, 1.54) is 18.2 Å². The first-order valence-corrected chi connectivity index (χ1v) is 5.68. The Bertz CT molecular complexity index is 381. The summed E-state index contributed by atoms with van der Waals surface area (Å²) in [6.45, 7) is 4.85. The lowest BCUT2D eigenvalue weighted by atomic mass is 10.1. The van der Waals surface area contributed by atoms with E-state index in [4.69, 9.17) is 0 Å². The zero-order chi connectivity index (χ0) is 13.0. The van der Waals surface area contributed by atoms with E-state index in [1.54, 1.807) is 11.9 Å². The van der Waals surface area contributed by atoms with Crippen LogP contribution in [0.25, 0.3) is 0 Å². The summed E-state index contributed by atoms with van der Waals surface area (Å²) in [4.78, 5) is 13.6. The highest BCUT2D eigenvalue weighted by Crippen LogP contribution is 2.21. The number of hydrogen-bond acceptors (Lipinski definition) is 3. The number of nitrogens with zero attached hydrogens (tertiary/aromatic N) is 1. The average molecular weight is 237 g/mol. The minimum absolute atomic E-state index is 0.106. The number of benzene rings is 1. The van der Waals surface area contributed by atoms with Crippen LogP contribution >= 0.6 is 0 Å². The van der Waals surface area contributed by atoms with Gasteiger partial charge in [-0.15, -0.1) is 0 Å². The monoisotopic (exact) mass is 237 g/mol. The largest absolute Gasteiger partial charge is 0.508 e. The van der Waals surface area contributed by atoms with E-state index >= 15 is 0 Å². The Morgan fingerprint density at radius 2 is 1.76 bits per heavy atom. The third-order valence-electron chi connectivity index (χ3n) is 2.54. The van der Waals surface area contributed by atoms with Gasteiger partial charge in [0.2, 0.25) is 0 Å². The van der Waals surface area contributed by atoms with Gasteiger partial charge in [-0.3, -0.25) is 4.79 Å². The minimum Gasteiger partial charge on any atom is -0.508 e. The summed E-state index contributed by atoms with van der Waals surface area (Å²) in [6.07, 6.45) is 0.924. The van der Waals surface area contributed by atoms with E-state index in [-0.39, 0.29) is 17.4 Å². The molecule has 0 fully saturated rings. The minimum atomic E-state index is -0.197. The van der Waals surface area contributed by atoms with Gasteiger partial charge in [0.05, 0.1) is 0 Å². The molecule has 94 valence electrons. The van der Waals surface area contributed by atoms with Crippen molar-refractivity contribution in [3.8, 4) is 11.5 Å². The van der Waals surface area contributed by atoms with Crippen molar-refractivity contribution in [2.45, 2.75) is 20.3 Å². The molecule has 0 saturated heterocycles. The van der Waals surface area contributed by atoms with Crippen molar-refractivity contribution in [3.05, 3.63) is 23.8 Å². The molecule has 0 bridgehead atoms. The first kappa shape index (κ1) is 13.4. The smallest absolute Gasteiger partial charge is 0.253 e.